The summed E-state index contributed by atoms with van der Waals surface area (Å²) in [7, 11) is 0. The summed E-state index contributed by atoms with van der Waals surface area (Å²) in [6.45, 7) is 6.21. The van der Waals surface area contributed by atoms with E-state index in [-0.39, 0.29) is 17.9 Å². The summed E-state index contributed by atoms with van der Waals surface area (Å²) in [6, 6.07) is 13.4. The van der Waals surface area contributed by atoms with E-state index in [0.29, 0.717) is 5.75 Å². The van der Waals surface area contributed by atoms with E-state index >= 15 is 0 Å². The van der Waals surface area contributed by atoms with Crippen LogP contribution in [0.5, 0.6) is 5.75 Å². The van der Waals surface area contributed by atoms with Gasteiger partial charge in [0.15, 0.2) is 6.61 Å². The molecule has 132 valence electrons. The van der Waals surface area contributed by atoms with Crippen LogP contribution in [0.2, 0.25) is 0 Å². The van der Waals surface area contributed by atoms with Crippen LogP contribution in [-0.2, 0) is 10.2 Å². The molecule has 0 aliphatic carbocycles. The molecule has 0 fully saturated rings. The first kappa shape index (κ1) is 19.7. The Bertz CT molecular complexity index is 783. The number of ether oxygens (including phenoxy) is 1. The summed E-state index contributed by atoms with van der Waals surface area (Å²) < 4.78 is 7.62. The first-order valence-electron chi connectivity index (χ1n) is 7.76. The largest absolute Gasteiger partial charge is 0.483 e. The normalized spacial score (nSPS) is 11.6. The SMILES string of the molecule is CC(C)(C)c1cc(Br)ccc1OCC(=O)N/N=C/c1cccc(Br)c1. The molecule has 2 rings (SSSR count). The minimum absolute atomic E-state index is 0.0889. The van der Waals surface area contributed by atoms with E-state index in [4.69, 9.17) is 4.74 Å². The third-order valence-electron chi connectivity index (χ3n) is 3.36. The van der Waals surface area contributed by atoms with Gasteiger partial charge in [0.2, 0.25) is 0 Å². The molecule has 0 atom stereocenters. The number of amides is 1. The van der Waals surface area contributed by atoms with Gasteiger partial charge in [-0.25, -0.2) is 5.43 Å². The molecule has 0 bridgehead atoms. The summed E-state index contributed by atoms with van der Waals surface area (Å²) in [5, 5.41) is 3.95. The van der Waals surface area contributed by atoms with E-state index in [1.54, 1.807) is 6.21 Å². The number of hydrogen-bond acceptors (Lipinski definition) is 3. The van der Waals surface area contributed by atoms with Crippen LogP contribution in [0.15, 0.2) is 56.5 Å². The van der Waals surface area contributed by atoms with Crippen molar-refractivity contribution in [2.45, 2.75) is 26.2 Å². The zero-order valence-electron chi connectivity index (χ0n) is 14.3. The number of halogens is 2. The highest BCUT2D eigenvalue weighted by Crippen LogP contribution is 2.33. The molecular formula is C19H20Br2N2O2. The molecule has 0 saturated carbocycles. The zero-order chi connectivity index (χ0) is 18.4. The fourth-order valence-electron chi connectivity index (χ4n) is 2.16. The van der Waals surface area contributed by atoms with E-state index < -0.39 is 0 Å². The van der Waals surface area contributed by atoms with Crippen LogP contribution in [0.4, 0.5) is 0 Å². The molecule has 0 aliphatic rings. The first-order chi connectivity index (χ1) is 11.8. The molecule has 1 N–H and O–H groups in total. The van der Waals surface area contributed by atoms with Gasteiger partial charge in [-0.2, -0.15) is 5.10 Å². The van der Waals surface area contributed by atoms with Crippen molar-refractivity contribution in [3.63, 3.8) is 0 Å². The Hall–Kier alpha value is -1.66. The maximum atomic E-state index is 11.9. The molecule has 1 amide bonds. The van der Waals surface area contributed by atoms with Gasteiger partial charge in [-0.05, 0) is 41.3 Å². The summed E-state index contributed by atoms with van der Waals surface area (Å²) in [5.74, 6) is 0.385. The second-order valence-electron chi connectivity index (χ2n) is 6.53. The molecule has 0 aliphatic heterocycles. The average Bonchev–Trinajstić information content (AvgIpc) is 2.53. The molecule has 0 spiro atoms. The Morgan fingerprint density at radius 2 is 1.88 bits per heavy atom. The maximum absolute atomic E-state index is 11.9. The number of benzene rings is 2. The zero-order valence-corrected chi connectivity index (χ0v) is 17.5. The van der Waals surface area contributed by atoms with Crippen molar-refractivity contribution in [2.24, 2.45) is 5.10 Å². The van der Waals surface area contributed by atoms with Crippen molar-refractivity contribution in [1.82, 2.24) is 5.43 Å². The molecule has 0 aromatic heterocycles. The predicted octanol–water partition coefficient (Wildman–Crippen LogP) is 5.04. The lowest BCUT2D eigenvalue weighted by Crippen LogP contribution is -2.25. The van der Waals surface area contributed by atoms with E-state index in [9.17, 15) is 4.79 Å². The van der Waals surface area contributed by atoms with Gasteiger partial charge in [0.25, 0.3) is 5.91 Å². The molecule has 2 aromatic carbocycles. The molecule has 0 heterocycles. The van der Waals surface area contributed by atoms with Gasteiger partial charge in [0.05, 0.1) is 6.21 Å². The highest BCUT2D eigenvalue weighted by Gasteiger charge is 2.19. The van der Waals surface area contributed by atoms with E-state index in [2.05, 4.69) is 63.2 Å². The van der Waals surface area contributed by atoms with Crippen molar-refractivity contribution in [2.75, 3.05) is 6.61 Å². The van der Waals surface area contributed by atoms with Crippen LogP contribution in [0.3, 0.4) is 0 Å². The standard InChI is InChI=1S/C19H20Br2N2O2/c1-19(2,3)16-10-15(21)7-8-17(16)25-12-18(24)23-22-11-13-5-4-6-14(20)9-13/h4-11H,12H2,1-3H3,(H,23,24)/b22-11+. The lowest BCUT2D eigenvalue weighted by atomic mass is 9.86. The van der Waals surface area contributed by atoms with Gasteiger partial charge in [-0.3, -0.25) is 4.79 Å². The van der Waals surface area contributed by atoms with E-state index in [0.717, 1.165) is 20.1 Å². The third kappa shape index (κ3) is 6.29. The summed E-state index contributed by atoms with van der Waals surface area (Å²) >= 11 is 6.86. The van der Waals surface area contributed by atoms with Gasteiger partial charge < -0.3 is 4.74 Å². The van der Waals surface area contributed by atoms with Crippen molar-refractivity contribution in [3.05, 3.63) is 62.5 Å². The molecular weight excluding hydrogens is 448 g/mol. The van der Waals surface area contributed by atoms with Crippen LogP contribution < -0.4 is 10.2 Å². The van der Waals surface area contributed by atoms with Crippen molar-refractivity contribution in [1.29, 1.82) is 0 Å². The smallest absolute Gasteiger partial charge is 0.277 e. The number of hydrazone groups is 1. The number of carbonyl (C=O) groups excluding carboxylic acids is 1. The number of hydrogen-bond donors (Lipinski definition) is 1. The van der Waals surface area contributed by atoms with Gasteiger partial charge in [-0.15, -0.1) is 0 Å². The van der Waals surface area contributed by atoms with Gasteiger partial charge in [0.1, 0.15) is 5.75 Å². The third-order valence-corrected chi connectivity index (χ3v) is 4.35. The lowest BCUT2D eigenvalue weighted by Gasteiger charge is -2.23. The Kier molecular flexibility index (Phi) is 6.79. The van der Waals surface area contributed by atoms with Crippen LogP contribution >= 0.6 is 31.9 Å². The van der Waals surface area contributed by atoms with Crippen LogP contribution in [-0.4, -0.2) is 18.7 Å². The number of nitrogens with zero attached hydrogens (tertiary/aromatic N) is 1. The number of nitrogens with one attached hydrogen (secondary N) is 1. The van der Waals surface area contributed by atoms with Crippen LogP contribution in [0, 0.1) is 0 Å². The second-order valence-corrected chi connectivity index (χ2v) is 8.36. The maximum Gasteiger partial charge on any atom is 0.277 e. The second kappa shape index (κ2) is 8.63. The Balaban J connectivity index is 1.94. The fourth-order valence-corrected chi connectivity index (χ4v) is 2.93. The summed E-state index contributed by atoms with van der Waals surface area (Å²) in [4.78, 5) is 11.9. The Morgan fingerprint density at radius 3 is 2.56 bits per heavy atom. The highest BCUT2D eigenvalue weighted by atomic mass is 79.9. The van der Waals surface area contributed by atoms with Crippen LogP contribution in [0.1, 0.15) is 31.9 Å². The molecule has 4 nitrogen and oxygen atoms in total. The topological polar surface area (TPSA) is 50.7 Å². The molecule has 0 radical (unpaired) electrons. The highest BCUT2D eigenvalue weighted by molar-refractivity contribution is 9.10. The molecule has 0 saturated heterocycles. The van der Waals surface area contributed by atoms with Crippen molar-refractivity contribution in [3.8, 4) is 5.75 Å². The summed E-state index contributed by atoms with van der Waals surface area (Å²) in [5.41, 5.74) is 4.30. The van der Waals surface area contributed by atoms with Gasteiger partial charge in [-0.1, -0.05) is 64.8 Å². The predicted molar refractivity (Wildman–Crippen MR) is 108 cm³/mol. The fraction of sp³-hybridized carbons (Fsp3) is 0.263. The number of carbonyl (C=O) groups is 1. The lowest BCUT2D eigenvalue weighted by molar-refractivity contribution is -0.123. The minimum Gasteiger partial charge on any atom is -0.483 e. The average molecular weight is 468 g/mol. The quantitative estimate of drug-likeness (QED) is 0.494. The Labute approximate surface area is 164 Å². The van der Waals surface area contributed by atoms with E-state index in [1.807, 2.05) is 42.5 Å². The molecule has 0 unspecified atom stereocenters. The van der Waals surface area contributed by atoms with Crippen molar-refractivity contribution < 1.29 is 9.53 Å². The number of rotatable bonds is 5. The Morgan fingerprint density at radius 1 is 1.16 bits per heavy atom. The van der Waals surface area contributed by atoms with Crippen molar-refractivity contribution >= 4 is 44.0 Å². The van der Waals surface area contributed by atoms with Crippen LogP contribution in [0.25, 0.3) is 0 Å². The minimum atomic E-state index is -0.311. The molecule has 6 heteroatoms. The summed E-state index contributed by atoms with van der Waals surface area (Å²) in [6.07, 6.45) is 1.59. The monoisotopic (exact) mass is 466 g/mol. The first-order valence-corrected chi connectivity index (χ1v) is 9.34. The molecule has 2 aromatic rings. The van der Waals surface area contributed by atoms with Gasteiger partial charge in [0, 0.05) is 14.5 Å². The molecule has 25 heavy (non-hydrogen) atoms. The van der Waals surface area contributed by atoms with E-state index in [1.165, 1.54) is 0 Å². The van der Waals surface area contributed by atoms with Gasteiger partial charge >= 0.3 is 0 Å².